The molecule has 20 heavy (non-hydrogen) atoms. The van der Waals surface area contributed by atoms with E-state index in [1.165, 1.54) is 11.0 Å². The zero-order valence-corrected chi connectivity index (χ0v) is 11.9. The Hall–Kier alpha value is -1.55. The van der Waals surface area contributed by atoms with E-state index in [1.54, 1.807) is 0 Å². The van der Waals surface area contributed by atoms with Crippen LogP contribution in [0.1, 0.15) is 12.8 Å². The molecule has 2 rings (SSSR count). The molecule has 1 N–H and O–H groups in total. The monoisotopic (exact) mass is 349 g/mol. The highest BCUT2D eigenvalue weighted by atomic mass is 79.9. The summed E-state index contributed by atoms with van der Waals surface area (Å²) in [6, 6.07) is 0. The molecular weight excluding hydrogens is 338 g/mol. The lowest BCUT2D eigenvalue weighted by atomic mass is 9.72. The van der Waals surface area contributed by atoms with E-state index in [-0.39, 0.29) is 30.4 Å². The summed E-state index contributed by atoms with van der Waals surface area (Å²) < 4.78 is 0.280. The first-order valence-corrected chi connectivity index (χ1v) is 6.60. The van der Waals surface area contributed by atoms with Crippen molar-refractivity contribution in [3.8, 4) is 0 Å². The number of halogens is 1. The van der Waals surface area contributed by atoms with Crippen LogP contribution in [0, 0.1) is 20.2 Å². The van der Waals surface area contributed by atoms with E-state index in [9.17, 15) is 25.0 Å². The topological polar surface area (TPSA) is 127 Å². The number of nitro groups is 2. The van der Waals surface area contributed by atoms with Gasteiger partial charge in [-0.15, -0.1) is 0 Å². The van der Waals surface area contributed by atoms with Gasteiger partial charge in [0.1, 0.15) is 0 Å². The van der Waals surface area contributed by atoms with Gasteiger partial charge in [-0.3, -0.25) is 29.9 Å². The van der Waals surface area contributed by atoms with E-state index in [0.717, 1.165) is 0 Å². The van der Waals surface area contributed by atoms with Crippen LogP contribution in [-0.2, 0) is 4.79 Å². The first-order valence-electron chi connectivity index (χ1n) is 5.81. The van der Waals surface area contributed by atoms with Crippen molar-refractivity contribution in [3.05, 3.63) is 30.8 Å². The summed E-state index contributed by atoms with van der Waals surface area (Å²) in [6.07, 6.45) is 1.28. The molecule has 110 valence electrons. The normalized spacial score (nSPS) is 33.4. The van der Waals surface area contributed by atoms with E-state index in [4.69, 9.17) is 5.11 Å². The molecule has 2 aliphatic rings. The number of fused-ring (bicyclic) bond motifs is 2. The number of likely N-dealkylation sites (tertiary alicyclic amines) is 1. The summed E-state index contributed by atoms with van der Waals surface area (Å²) >= 11 is 3.12. The van der Waals surface area contributed by atoms with Crippen molar-refractivity contribution in [2.24, 2.45) is 0 Å². The molecule has 0 aromatic carbocycles. The summed E-state index contributed by atoms with van der Waals surface area (Å²) in [5.41, 5.74) is -3.14. The zero-order valence-electron chi connectivity index (χ0n) is 10.3. The van der Waals surface area contributed by atoms with Crippen molar-refractivity contribution in [2.75, 3.05) is 19.6 Å². The Morgan fingerprint density at radius 1 is 1.40 bits per heavy atom. The second kappa shape index (κ2) is 4.77. The SMILES string of the molecule is O=C(O)CN1CC2([N+](=O)[O-])CC=C(Br)C([N+](=O)[O-])(C1)C2. The third kappa shape index (κ3) is 2.18. The summed E-state index contributed by atoms with van der Waals surface area (Å²) in [5.74, 6) is -1.16. The van der Waals surface area contributed by atoms with Crippen LogP contribution >= 0.6 is 15.9 Å². The second-order valence-corrected chi connectivity index (χ2v) is 6.10. The number of carboxylic acids is 1. The number of piperidine rings is 1. The average Bonchev–Trinajstić information content (AvgIpc) is 2.33. The highest BCUT2D eigenvalue weighted by molar-refractivity contribution is 9.11. The molecule has 9 nitrogen and oxygen atoms in total. The Bertz CT molecular complexity index is 523. The van der Waals surface area contributed by atoms with E-state index >= 15 is 0 Å². The highest BCUT2D eigenvalue weighted by Gasteiger charge is 2.65. The molecule has 0 radical (unpaired) electrons. The van der Waals surface area contributed by atoms with Crippen molar-refractivity contribution in [3.63, 3.8) is 0 Å². The molecule has 1 fully saturated rings. The zero-order chi connectivity index (χ0) is 15.1. The Kier molecular flexibility index (Phi) is 3.54. The predicted molar refractivity (Wildman–Crippen MR) is 69.8 cm³/mol. The quantitative estimate of drug-likeness (QED) is 0.577. The molecule has 0 spiro atoms. The fourth-order valence-corrected chi connectivity index (χ4v) is 3.55. The molecule has 1 heterocycles. The summed E-state index contributed by atoms with van der Waals surface area (Å²) in [7, 11) is 0. The minimum Gasteiger partial charge on any atom is -0.480 e. The number of hydrogen-bond acceptors (Lipinski definition) is 6. The van der Waals surface area contributed by atoms with Crippen LogP contribution in [0.4, 0.5) is 0 Å². The van der Waals surface area contributed by atoms with Gasteiger partial charge in [0, 0.05) is 16.3 Å². The lowest BCUT2D eigenvalue weighted by molar-refractivity contribution is -0.619. The van der Waals surface area contributed by atoms with Crippen molar-refractivity contribution >= 4 is 21.9 Å². The van der Waals surface area contributed by atoms with Gasteiger partial charge < -0.3 is 5.11 Å². The Morgan fingerprint density at radius 2 is 2.05 bits per heavy atom. The maximum absolute atomic E-state index is 11.4. The number of aliphatic carboxylic acids is 1. The maximum atomic E-state index is 11.4. The van der Waals surface area contributed by atoms with Gasteiger partial charge in [-0.2, -0.15) is 0 Å². The first-order chi connectivity index (χ1) is 9.22. The molecule has 0 saturated carbocycles. The van der Waals surface area contributed by atoms with Crippen LogP contribution in [0.15, 0.2) is 10.6 Å². The minimum absolute atomic E-state index is 0.0479. The fourth-order valence-electron chi connectivity index (χ4n) is 2.97. The minimum atomic E-state index is -1.64. The van der Waals surface area contributed by atoms with Gasteiger partial charge in [0.15, 0.2) is 0 Å². The van der Waals surface area contributed by atoms with Crippen LogP contribution < -0.4 is 0 Å². The molecule has 10 heteroatoms. The number of rotatable bonds is 4. The molecular formula is C10H12BrN3O6. The first kappa shape index (κ1) is 14.9. The van der Waals surface area contributed by atoms with Gasteiger partial charge in [0.25, 0.3) is 5.54 Å². The van der Waals surface area contributed by atoms with Crippen molar-refractivity contribution in [2.45, 2.75) is 23.9 Å². The van der Waals surface area contributed by atoms with Gasteiger partial charge >= 0.3 is 5.97 Å². The fraction of sp³-hybridized carbons (Fsp3) is 0.700. The molecule has 1 aliphatic heterocycles. The van der Waals surface area contributed by atoms with Gasteiger partial charge in [-0.25, -0.2) is 0 Å². The van der Waals surface area contributed by atoms with Gasteiger partial charge in [-0.1, -0.05) is 6.08 Å². The molecule has 0 aromatic rings. The van der Waals surface area contributed by atoms with Crippen LogP contribution in [0.2, 0.25) is 0 Å². The molecule has 2 atom stereocenters. The van der Waals surface area contributed by atoms with Crippen LogP contribution in [0.5, 0.6) is 0 Å². The van der Waals surface area contributed by atoms with Crippen LogP contribution in [0.25, 0.3) is 0 Å². The Morgan fingerprint density at radius 3 is 2.55 bits per heavy atom. The largest absolute Gasteiger partial charge is 0.480 e. The van der Waals surface area contributed by atoms with E-state index in [0.29, 0.717) is 0 Å². The Balaban J connectivity index is 2.47. The van der Waals surface area contributed by atoms with E-state index in [2.05, 4.69) is 15.9 Å². The third-order valence-electron chi connectivity index (χ3n) is 3.83. The van der Waals surface area contributed by atoms with Crippen molar-refractivity contribution < 1.29 is 19.7 Å². The standard InChI is InChI=1S/C10H12BrN3O6/c11-7-1-2-9(13(17)18)4-10(7,14(19)20)6-12(5-9)3-8(15)16/h1H,2-6H2,(H,15,16). The molecule has 0 amide bonds. The highest BCUT2D eigenvalue weighted by Crippen LogP contribution is 2.46. The van der Waals surface area contributed by atoms with Crippen LogP contribution in [0.3, 0.4) is 0 Å². The lowest BCUT2D eigenvalue weighted by Gasteiger charge is -2.44. The van der Waals surface area contributed by atoms with Crippen molar-refractivity contribution in [1.29, 1.82) is 0 Å². The smallest absolute Gasteiger partial charge is 0.317 e. The molecule has 1 saturated heterocycles. The molecule has 1 aliphatic carbocycles. The molecule has 2 bridgehead atoms. The number of nitrogens with zero attached hydrogens (tertiary/aromatic N) is 3. The van der Waals surface area contributed by atoms with Gasteiger partial charge in [0.2, 0.25) is 5.54 Å². The maximum Gasteiger partial charge on any atom is 0.317 e. The number of carboxylic acid groups (broad SMARTS) is 1. The molecule has 0 aromatic heterocycles. The second-order valence-electron chi connectivity index (χ2n) is 5.24. The molecule has 2 unspecified atom stereocenters. The van der Waals surface area contributed by atoms with Crippen molar-refractivity contribution in [1.82, 2.24) is 4.90 Å². The van der Waals surface area contributed by atoms with E-state index < -0.39 is 33.4 Å². The predicted octanol–water partition coefficient (Wildman–Crippen LogP) is 0.490. The summed E-state index contributed by atoms with van der Waals surface area (Å²) in [5, 5.41) is 31.6. The average molecular weight is 350 g/mol. The third-order valence-corrected chi connectivity index (χ3v) is 4.89. The Labute approximate surface area is 121 Å². The van der Waals surface area contributed by atoms with Crippen LogP contribution in [-0.4, -0.2) is 56.5 Å². The summed E-state index contributed by atoms with van der Waals surface area (Å²) in [6.45, 7) is -0.705. The number of hydrogen-bond donors (Lipinski definition) is 1. The summed E-state index contributed by atoms with van der Waals surface area (Å²) in [4.78, 5) is 33.8. The van der Waals surface area contributed by atoms with E-state index in [1.807, 2.05) is 0 Å². The van der Waals surface area contributed by atoms with Gasteiger partial charge in [0.05, 0.1) is 30.5 Å². The number of carbonyl (C=O) groups is 1. The van der Waals surface area contributed by atoms with Gasteiger partial charge in [-0.05, 0) is 15.9 Å². The lowest BCUT2D eigenvalue weighted by Crippen LogP contribution is -2.67.